The van der Waals surface area contributed by atoms with Gasteiger partial charge in [-0.05, 0) is 39.0 Å². The van der Waals surface area contributed by atoms with Crippen molar-refractivity contribution in [3.8, 4) is 17.2 Å². The number of carbonyl (C=O) groups excluding carboxylic acids is 2. The normalized spacial score (nSPS) is 10.8. The molecule has 7 nitrogen and oxygen atoms in total. The van der Waals surface area contributed by atoms with Gasteiger partial charge in [0.1, 0.15) is 0 Å². The summed E-state index contributed by atoms with van der Waals surface area (Å²) in [6.45, 7) is 5.68. The van der Waals surface area contributed by atoms with E-state index in [0.29, 0.717) is 34.1 Å². The number of nitrogens with one attached hydrogen (secondary N) is 2. The van der Waals surface area contributed by atoms with E-state index in [1.54, 1.807) is 36.4 Å². The molecule has 0 fully saturated rings. The maximum absolute atomic E-state index is 12.7. The van der Waals surface area contributed by atoms with Gasteiger partial charge in [0, 0.05) is 34.5 Å². The van der Waals surface area contributed by atoms with Crippen molar-refractivity contribution in [2.24, 2.45) is 0 Å². The molecule has 0 radical (unpaired) electrons. The van der Waals surface area contributed by atoms with E-state index >= 15 is 0 Å². The summed E-state index contributed by atoms with van der Waals surface area (Å²) in [4.78, 5) is 25.0. The van der Waals surface area contributed by atoms with Gasteiger partial charge in [-0.15, -0.1) is 0 Å². The van der Waals surface area contributed by atoms with Crippen molar-refractivity contribution in [3.63, 3.8) is 0 Å². The van der Waals surface area contributed by atoms with E-state index in [1.165, 1.54) is 21.3 Å². The molecular weight excluding hydrogens is 360 g/mol. The fraction of sp³-hybridized carbons (Fsp3) is 0.333. The number of benzene rings is 2. The highest BCUT2D eigenvalue weighted by molar-refractivity contribution is 6.06. The summed E-state index contributed by atoms with van der Waals surface area (Å²) in [5.74, 6) is 0.685. The van der Waals surface area contributed by atoms with Crippen LogP contribution in [0.4, 0.5) is 5.69 Å². The quantitative estimate of drug-likeness (QED) is 0.794. The molecule has 0 aliphatic carbocycles. The lowest BCUT2D eigenvalue weighted by molar-refractivity contribution is 0.0919. The fourth-order valence-corrected chi connectivity index (χ4v) is 2.57. The number of hydrogen-bond donors (Lipinski definition) is 2. The maximum Gasteiger partial charge on any atom is 0.255 e. The molecule has 2 aromatic rings. The second-order valence-corrected chi connectivity index (χ2v) is 7.15. The van der Waals surface area contributed by atoms with Gasteiger partial charge in [0.15, 0.2) is 11.5 Å². The zero-order valence-electron chi connectivity index (χ0n) is 17.0. The Balaban J connectivity index is 2.26. The molecule has 7 heteroatoms. The first-order valence-corrected chi connectivity index (χ1v) is 8.72. The molecular formula is C21H26N2O5. The van der Waals surface area contributed by atoms with Crippen molar-refractivity contribution in [1.29, 1.82) is 0 Å². The lowest BCUT2D eigenvalue weighted by atomic mass is 10.1. The number of amides is 2. The van der Waals surface area contributed by atoms with Crippen LogP contribution in [0.1, 0.15) is 41.5 Å². The number of anilines is 1. The Hall–Kier alpha value is -3.22. The Morgan fingerprint density at radius 1 is 0.821 bits per heavy atom. The molecule has 2 amide bonds. The van der Waals surface area contributed by atoms with Gasteiger partial charge >= 0.3 is 0 Å². The Kier molecular flexibility index (Phi) is 6.51. The number of ether oxygens (including phenoxy) is 3. The van der Waals surface area contributed by atoms with Crippen LogP contribution in [-0.4, -0.2) is 38.7 Å². The Labute approximate surface area is 165 Å². The average Bonchev–Trinajstić information content (AvgIpc) is 2.65. The van der Waals surface area contributed by atoms with Crippen molar-refractivity contribution >= 4 is 17.5 Å². The van der Waals surface area contributed by atoms with Crippen LogP contribution in [0.3, 0.4) is 0 Å². The van der Waals surface area contributed by atoms with E-state index < -0.39 is 0 Å². The van der Waals surface area contributed by atoms with Crippen LogP contribution in [0.25, 0.3) is 0 Å². The summed E-state index contributed by atoms with van der Waals surface area (Å²) >= 11 is 0. The molecule has 150 valence electrons. The third-order valence-corrected chi connectivity index (χ3v) is 3.80. The number of hydrogen-bond acceptors (Lipinski definition) is 5. The van der Waals surface area contributed by atoms with Crippen LogP contribution < -0.4 is 24.8 Å². The van der Waals surface area contributed by atoms with Gasteiger partial charge in [-0.2, -0.15) is 0 Å². The second kappa shape index (κ2) is 8.65. The van der Waals surface area contributed by atoms with Crippen LogP contribution in [0.15, 0.2) is 36.4 Å². The summed E-state index contributed by atoms with van der Waals surface area (Å²) in [5, 5.41) is 5.66. The zero-order valence-corrected chi connectivity index (χ0v) is 17.0. The predicted octanol–water partition coefficient (Wildman–Crippen LogP) is 3.49. The van der Waals surface area contributed by atoms with E-state index in [2.05, 4.69) is 10.6 Å². The molecule has 0 aromatic heterocycles. The van der Waals surface area contributed by atoms with Crippen LogP contribution in [-0.2, 0) is 0 Å². The van der Waals surface area contributed by atoms with E-state index in [4.69, 9.17) is 14.2 Å². The van der Waals surface area contributed by atoms with Gasteiger partial charge in [-0.3, -0.25) is 9.59 Å². The number of carbonyl (C=O) groups is 2. The lowest BCUT2D eigenvalue weighted by Gasteiger charge is -2.20. The predicted molar refractivity (Wildman–Crippen MR) is 108 cm³/mol. The Morgan fingerprint density at radius 3 is 1.82 bits per heavy atom. The molecule has 2 rings (SSSR count). The number of rotatable bonds is 6. The topological polar surface area (TPSA) is 85.9 Å². The van der Waals surface area contributed by atoms with Gasteiger partial charge in [0.25, 0.3) is 11.8 Å². The van der Waals surface area contributed by atoms with Gasteiger partial charge in [0.05, 0.1) is 21.3 Å². The minimum absolute atomic E-state index is 0.241. The van der Waals surface area contributed by atoms with Gasteiger partial charge in [-0.1, -0.05) is 6.07 Å². The van der Waals surface area contributed by atoms with E-state index in [0.717, 1.165) is 0 Å². The number of methoxy groups -OCH3 is 3. The average molecular weight is 386 g/mol. The first-order chi connectivity index (χ1) is 13.2. The minimum atomic E-state index is -0.369. The highest BCUT2D eigenvalue weighted by Crippen LogP contribution is 2.40. The van der Waals surface area contributed by atoms with Gasteiger partial charge in [-0.25, -0.2) is 0 Å². The molecule has 2 aromatic carbocycles. The third kappa shape index (κ3) is 5.16. The summed E-state index contributed by atoms with van der Waals surface area (Å²) < 4.78 is 15.9. The Bertz CT molecular complexity index is 846. The summed E-state index contributed by atoms with van der Waals surface area (Å²) in [7, 11) is 4.51. The van der Waals surface area contributed by atoms with Crippen molar-refractivity contribution in [3.05, 3.63) is 47.5 Å². The molecule has 0 unspecified atom stereocenters. The van der Waals surface area contributed by atoms with Crippen LogP contribution >= 0.6 is 0 Å². The molecule has 0 aliphatic rings. The molecule has 2 N–H and O–H groups in total. The Morgan fingerprint density at radius 2 is 1.36 bits per heavy atom. The van der Waals surface area contributed by atoms with Gasteiger partial charge < -0.3 is 24.8 Å². The lowest BCUT2D eigenvalue weighted by Crippen LogP contribution is -2.40. The fourth-order valence-electron chi connectivity index (χ4n) is 2.57. The molecule has 0 atom stereocenters. The SMILES string of the molecule is COc1cc(NC(=O)c2cccc(C(=O)NC(C)(C)C)c2)cc(OC)c1OC. The molecule has 0 saturated heterocycles. The van der Waals surface area contributed by atoms with Crippen molar-refractivity contribution < 1.29 is 23.8 Å². The van der Waals surface area contributed by atoms with Crippen LogP contribution in [0.5, 0.6) is 17.2 Å². The molecule has 0 heterocycles. The summed E-state index contributed by atoms with van der Waals surface area (Å²) in [5.41, 5.74) is 0.873. The highest BCUT2D eigenvalue weighted by Gasteiger charge is 2.18. The van der Waals surface area contributed by atoms with Crippen molar-refractivity contribution in [1.82, 2.24) is 5.32 Å². The molecule has 0 saturated carbocycles. The monoisotopic (exact) mass is 386 g/mol. The molecule has 28 heavy (non-hydrogen) atoms. The molecule has 0 bridgehead atoms. The maximum atomic E-state index is 12.7. The van der Waals surface area contributed by atoms with Crippen molar-refractivity contribution in [2.45, 2.75) is 26.3 Å². The third-order valence-electron chi connectivity index (χ3n) is 3.80. The van der Waals surface area contributed by atoms with Gasteiger partial charge in [0.2, 0.25) is 5.75 Å². The second-order valence-electron chi connectivity index (χ2n) is 7.15. The summed E-state index contributed by atoms with van der Waals surface area (Å²) in [6.07, 6.45) is 0. The largest absolute Gasteiger partial charge is 0.493 e. The highest BCUT2D eigenvalue weighted by atomic mass is 16.5. The van der Waals surface area contributed by atoms with E-state index in [1.807, 2.05) is 20.8 Å². The van der Waals surface area contributed by atoms with E-state index in [-0.39, 0.29) is 17.4 Å². The van der Waals surface area contributed by atoms with Crippen molar-refractivity contribution in [2.75, 3.05) is 26.6 Å². The first-order valence-electron chi connectivity index (χ1n) is 8.72. The van der Waals surface area contributed by atoms with E-state index in [9.17, 15) is 9.59 Å². The standard InChI is InChI=1S/C21H26N2O5/c1-21(2,3)23-20(25)14-9-7-8-13(10-14)19(24)22-15-11-16(26-4)18(28-6)17(12-15)27-5/h7-12H,1-6H3,(H,22,24)(H,23,25). The smallest absolute Gasteiger partial charge is 0.255 e. The first kappa shape index (κ1) is 21.1. The minimum Gasteiger partial charge on any atom is -0.493 e. The summed E-state index contributed by atoms with van der Waals surface area (Å²) in [6, 6.07) is 9.79. The van der Waals surface area contributed by atoms with Crippen LogP contribution in [0.2, 0.25) is 0 Å². The van der Waals surface area contributed by atoms with Crippen LogP contribution in [0, 0.1) is 0 Å². The molecule has 0 aliphatic heterocycles. The molecule has 0 spiro atoms. The zero-order chi connectivity index (χ0) is 20.9.